The van der Waals surface area contributed by atoms with Gasteiger partial charge in [0.25, 0.3) is 0 Å². The molecule has 74 valence electrons. The van der Waals surface area contributed by atoms with Crippen LogP contribution >= 0.6 is 0 Å². The second kappa shape index (κ2) is 4.56. The fourth-order valence-corrected chi connectivity index (χ4v) is 1.23. The van der Waals surface area contributed by atoms with Crippen molar-refractivity contribution < 1.29 is 4.79 Å². The minimum atomic E-state index is 0.653. The molecule has 0 saturated carbocycles. The Balaban J connectivity index is 3.13. The van der Waals surface area contributed by atoms with Crippen LogP contribution in [0.2, 0.25) is 0 Å². The van der Waals surface area contributed by atoms with Crippen molar-refractivity contribution in [3.63, 3.8) is 0 Å². The molecule has 0 unspecified atom stereocenters. The zero-order chi connectivity index (χ0) is 10.6. The largest absolute Gasteiger partial charge is 0.383 e. The summed E-state index contributed by atoms with van der Waals surface area (Å²) in [5, 5.41) is 0. The molecule has 3 nitrogen and oxygen atoms in total. The van der Waals surface area contributed by atoms with Crippen LogP contribution in [0.5, 0.6) is 0 Å². The van der Waals surface area contributed by atoms with Crippen molar-refractivity contribution in [1.29, 1.82) is 0 Å². The molecule has 0 aliphatic heterocycles. The number of rotatable bonds is 3. The molecule has 0 N–H and O–H groups in total. The Morgan fingerprint density at radius 1 is 1.50 bits per heavy atom. The summed E-state index contributed by atoms with van der Waals surface area (Å²) in [6, 6.07) is 3.72. The Kier molecular flexibility index (Phi) is 3.40. The predicted octanol–water partition coefficient (Wildman–Crippen LogP) is 1.49. The molecule has 1 aromatic rings. The second-order valence-electron chi connectivity index (χ2n) is 3.30. The molecule has 0 aromatic carbocycles. The van der Waals surface area contributed by atoms with Crippen molar-refractivity contribution in [3.8, 4) is 0 Å². The van der Waals surface area contributed by atoms with Crippen molar-refractivity contribution >= 4 is 11.9 Å². The van der Waals surface area contributed by atoms with E-state index in [1.165, 1.54) is 0 Å². The van der Waals surface area contributed by atoms with E-state index in [1.54, 1.807) is 12.4 Å². The second-order valence-corrected chi connectivity index (χ2v) is 3.30. The summed E-state index contributed by atoms with van der Waals surface area (Å²) in [6.07, 6.45) is 4.36. The molecule has 14 heavy (non-hydrogen) atoms. The molecule has 0 saturated heterocycles. The smallest absolute Gasteiger partial charge is 0.152 e. The van der Waals surface area contributed by atoms with Crippen LogP contribution in [0, 0.1) is 6.92 Å². The minimum Gasteiger partial charge on any atom is -0.383 e. The van der Waals surface area contributed by atoms with Crippen LogP contribution in [-0.4, -0.2) is 30.3 Å². The van der Waals surface area contributed by atoms with E-state index >= 15 is 0 Å². The van der Waals surface area contributed by atoms with E-state index in [9.17, 15) is 4.79 Å². The SMILES string of the molecule is Cc1ncccc1/C(C=O)=C\N(C)C. The Bertz CT molecular complexity index is 356. The first kappa shape index (κ1) is 10.4. The number of aryl methyl sites for hydroxylation is 1. The topological polar surface area (TPSA) is 33.2 Å². The maximum Gasteiger partial charge on any atom is 0.152 e. The Morgan fingerprint density at radius 3 is 2.71 bits per heavy atom. The molecule has 0 fully saturated rings. The number of pyridine rings is 1. The maximum absolute atomic E-state index is 10.9. The van der Waals surface area contributed by atoms with E-state index in [0.29, 0.717) is 5.57 Å². The molecule has 1 rings (SSSR count). The summed E-state index contributed by atoms with van der Waals surface area (Å²) in [5.74, 6) is 0. The molecule has 0 aliphatic rings. The Hall–Kier alpha value is -1.64. The molecule has 0 spiro atoms. The van der Waals surface area contributed by atoms with E-state index in [-0.39, 0.29) is 0 Å². The lowest BCUT2D eigenvalue weighted by Gasteiger charge is -2.08. The fraction of sp³-hybridized carbons (Fsp3) is 0.273. The van der Waals surface area contributed by atoms with Gasteiger partial charge in [0, 0.05) is 43.3 Å². The third kappa shape index (κ3) is 2.42. The van der Waals surface area contributed by atoms with Gasteiger partial charge in [0.15, 0.2) is 6.29 Å². The van der Waals surface area contributed by atoms with Crippen molar-refractivity contribution in [3.05, 3.63) is 35.8 Å². The summed E-state index contributed by atoms with van der Waals surface area (Å²) in [5.41, 5.74) is 2.41. The summed E-state index contributed by atoms with van der Waals surface area (Å²) in [6.45, 7) is 1.89. The molecule has 0 atom stereocenters. The molecule has 0 bridgehead atoms. The monoisotopic (exact) mass is 190 g/mol. The first-order chi connectivity index (χ1) is 6.65. The van der Waals surface area contributed by atoms with Crippen molar-refractivity contribution in [2.24, 2.45) is 0 Å². The first-order valence-electron chi connectivity index (χ1n) is 4.40. The fourth-order valence-electron chi connectivity index (χ4n) is 1.23. The van der Waals surface area contributed by atoms with Crippen molar-refractivity contribution in [2.45, 2.75) is 6.92 Å². The molecule has 3 heteroatoms. The van der Waals surface area contributed by atoms with Crippen molar-refractivity contribution in [2.75, 3.05) is 14.1 Å². The lowest BCUT2D eigenvalue weighted by Crippen LogP contribution is -2.04. The summed E-state index contributed by atoms with van der Waals surface area (Å²) >= 11 is 0. The van der Waals surface area contributed by atoms with Crippen LogP contribution in [0.3, 0.4) is 0 Å². The van der Waals surface area contributed by atoms with Gasteiger partial charge in [-0.3, -0.25) is 9.78 Å². The number of aromatic nitrogens is 1. The minimum absolute atomic E-state index is 0.653. The lowest BCUT2D eigenvalue weighted by atomic mass is 10.1. The van der Waals surface area contributed by atoms with Gasteiger partial charge in [-0.05, 0) is 13.0 Å². The number of hydrogen-bond donors (Lipinski definition) is 0. The molecular weight excluding hydrogens is 176 g/mol. The summed E-state index contributed by atoms with van der Waals surface area (Å²) in [7, 11) is 3.77. The van der Waals surface area contributed by atoms with Crippen LogP contribution < -0.4 is 0 Å². The number of carbonyl (C=O) groups excluding carboxylic acids is 1. The number of allylic oxidation sites excluding steroid dienone is 1. The zero-order valence-corrected chi connectivity index (χ0v) is 8.69. The molecule has 0 radical (unpaired) electrons. The number of hydrogen-bond acceptors (Lipinski definition) is 3. The highest BCUT2D eigenvalue weighted by Gasteiger charge is 2.04. The van der Waals surface area contributed by atoms with Gasteiger partial charge in [-0.25, -0.2) is 0 Å². The predicted molar refractivity (Wildman–Crippen MR) is 56.7 cm³/mol. The van der Waals surface area contributed by atoms with Gasteiger partial charge >= 0.3 is 0 Å². The van der Waals surface area contributed by atoms with Gasteiger partial charge in [-0.2, -0.15) is 0 Å². The number of carbonyl (C=O) groups is 1. The number of aldehydes is 1. The Labute approximate surface area is 84.1 Å². The highest BCUT2D eigenvalue weighted by atomic mass is 16.1. The Morgan fingerprint density at radius 2 is 2.21 bits per heavy atom. The quantitative estimate of drug-likeness (QED) is 0.535. The zero-order valence-electron chi connectivity index (χ0n) is 8.69. The van der Waals surface area contributed by atoms with E-state index < -0.39 is 0 Å². The summed E-state index contributed by atoms with van der Waals surface area (Å²) in [4.78, 5) is 16.9. The van der Waals surface area contributed by atoms with Crippen molar-refractivity contribution in [1.82, 2.24) is 9.88 Å². The van der Waals surface area contributed by atoms with Crippen LogP contribution in [0.25, 0.3) is 5.57 Å². The van der Waals surface area contributed by atoms with Gasteiger partial charge in [0.1, 0.15) is 0 Å². The average Bonchev–Trinajstić information content (AvgIpc) is 2.15. The van der Waals surface area contributed by atoms with E-state index in [0.717, 1.165) is 17.5 Å². The van der Waals surface area contributed by atoms with Crippen LogP contribution in [0.4, 0.5) is 0 Å². The average molecular weight is 190 g/mol. The van der Waals surface area contributed by atoms with E-state index in [4.69, 9.17) is 0 Å². The first-order valence-corrected chi connectivity index (χ1v) is 4.40. The van der Waals surface area contributed by atoms with Gasteiger partial charge in [-0.15, -0.1) is 0 Å². The van der Waals surface area contributed by atoms with E-state index in [1.807, 2.05) is 38.1 Å². The molecule has 0 amide bonds. The lowest BCUT2D eigenvalue weighted by molar-refractivity contribution is -0.103. The molecule has 0 aliphatic carbocycles. The third-order valence-electron chi connectivity index (χ3n) is 1.84. The summed E-state index contributed by atoms with van der Waals surface area (Å²) < 4.78 is 0. The van der Waals surface area contributed by atoms with Crippen LogP contribution in [0.1, 0.15) is 11.3 Å². The standard InChI is InChI=1S/C11H14N2O/c1-9-11(5-4-6-12-9)10(8-14)7-13(2)3/h4-8H,1-3H3/b10-7-. The molecule has 1 aromatic heterocycles. The normalized spacial score (nSPS) is 11.2. The van der Waals surface area contributed by atoms with Gasteiger partial charge in [0.05, 0.1) is 0 Å². The highest BCUT2D eigenvalue weighted by molar-refractivity contribution is 6.07. The van der Waals surface area contributed by atoms with Gasteiger partial charge in [0.2, 0.25) is 0 Å². The number of nitrogens with zero attached hydrogens (tertiary/aromatic N) is 2. The van der Waals surface area contributed by atoms with E-state index in [2.05, 4.69) is 4.98 Å². The van der Waals surface area contributed by atoms with Crippen LogP contribution in [-0.2, 0) is 4.79 Å². The third-order valence-corrected chi connectivity index (χ3v) is 1.84. The molecular formula is C11H14N2O. The maximum atomic E-state index is 10.9. The highest BCUT2D eigenvalue weighted by Crippen LogP contribution is 2.14. The molecule has 1 heterocycles. The van der Waals surface area contributed by atoms with Crippen LogP contribution in [0.15, 0.2) is 24.5 Å². The van der Waals surface area contributed by atoms with Gasteiger partial charge in [-0.1, -0.05) is 6.07 Å². The van der Waals surface area contributed by atoms with Gasteiger partial charge < -0.3 is 4.90 Å².